The number of carbonyl (C=O) groups excluding carboxylic acids is 1. The maximum atomic E-state index is 12.5. The molecule has 2 aliphatic heterocycles. The molecule has 0 radical (unpaired) electrons. The molecule has 1 saturated carbocycles. The minimum atomic E-state index is 0. The van der Waals surface area contributed by atoms with Crippen LogP contribution in [0.5, 0.6) is 11.5 Å². The zero-order valence-electron chi connectivity index (χ0n) is 13.9. The minimum absolute atomic E-state index is 0. The summed E-state index contributed by atoms with van der Waals surface area (Å²) in [6.07, 6.45) is 3.13. The fourth-order valence-corrected chi connectivity index (χ4v) is 3.67. The number of hydrogen-bond donors (Lipinski definition) is 2. The molecule has 1 aromatic rings. The van der Waals surface area contributed by atoms with Crippen LogP contribution in [0.15, 0.2) is 18.2 Å². The summed E-state index contributed by atoms with van der Waals surface area (Å²) in [7, 11) is 0. The van der Waals surface area contributed by atoms with E-state index in [1.54, 1.807) is 0 Å². The Morgan fingerprint density at radius 1 is 1.25 bits per heavy atom. The van der Waals surface area contributed by atoms with Gasteiger partial charge in [-0.15, -0.1) is 12.4 Å². The Morgan fingerprint density at radius 2 is 2.04 bits per heavy atom. The van der Waals surface area contributed by atoms with E-state index >= 15 is 0 Å². The van der Waals surface area contributed by atoms with Crippen molar-refractivity contribution < 1.29 is 14.3 Å². The van der Waals surface area contributed by atoms with Gasteiger partial charge in [0.1, 0.15) is 13.2 Å². The van der Waals surface area contributed by atoms with Crippen LogP contribution in [0, 0.1) is 5.92 Å². The molecule has 1 amide bonds. The van der Waals surface area contributed by atoms with Gasteiger partial charge in [0, 0.05) is 18.0 Å². The number of fused-ring (bicyclic) bond motifs is 1. The first kappa shape index (κ1) is 17.4. The van der Waals surface area contributed by atoms with Crippen molar-refractivity contribution in [3.05, 3.63) is 23.8 Å². The van der Waals surface area contributed by atoms with E-state index in [4.69, 9.17) is 9.47 Å². The number of amides is 1. The molecular weight excluding hydrogens is 328 g/mol. The Kier molecular flexibility index (Phi) is 5.21. The molecule has 4 rings (SSSR count). The Labute approximate surface area is 148 Å². The predicted octanol–water partition coefficient (Wildman–Crippen LogP) is 2.24. The quantitative estimate of drug-likeness (QED) is 0.876. The molecule has 5 nitrogen and oxygen atoms in total. The SMILES string of the molecule is CC1NCCCC1NC(=O)C1CC1c1ccc2c(c1)OCCO2.Cl. The molecule has 0 spiro atoms. The van der Waals surface area contributed by atoms with Crippen LogP contribution in [0.25, 0.3) is 0 Å². The fourth-order valence-electron chi connectivity index (χ4n) is 3.67. The highest BCUT2D eigenvalue weighted by Gasteiger charge is 2.45. The van der Waals surface area contributed by atoms with Gasteiger partial charge in [0.05, 0.1) is 0 Å². The lowest BCUT2D eigenvalue weighted by atomic mass is 9.99. The first-order chi connectivity index (χ1) is 11.2. The summed E-state index contributed by atoms with van der Waals surface area (Å²) in [5, 5.41) is 6.66. The van der Waals surface area contributed by atoms with E-state index in [9.17, 15) is 4.79 Å². The third kappa shape index (κ3) is 3.47. The smallest absolute Gasteiger partial charge is 0.224 e. The molecule has 1 saturated heterocycles. The Bertz CT molecular complexity index is 610. The normalized spacial score (nSPS) is 30.9. The molecule has 2 fully saturated rings. The van der Waals surface area contributed by atoms with E-state index in [1.807, 2.05) is 12.1 Å². The van der Waals surface area contributed by atoms with Crippen molar-refractivity contribution in [2.45, 2.75) is 44.2 Å². The van der Waals surface area contributed by atoms with E-state index in [1.165, 1.54) is 5.56 Å². The van der Waals surface area contributed by atoms with Gasteiger partial charge in [-0.1, -0.05) is 6.07 Å². The van der Waals surface area contributed by atoms with E-state index < -0.39 is 0 Å². The zero-order chi connectivity index (χ0) is 15.8. The van der Waals surface area contributed by atoms with E-state index in [0.717, 1.165) is 37.3 Å². The molecular formula is C18H25ClN2O3. The number of ether oxygens (including phenoxy) is 2. The molecule has 0 aromatic heterocycles. The summed E-state index contributed by atoms with van der Waals surface area (Å²) < 4.78 is 11.2. The lowest BCUT2D eigenvalue weighted by Gasteiger charge is -2.30. The average Bonchev–Trinajstić information content (AvgIpc) is 3.37. The number of rotatable bonds is 3. The van der Waals surface area contributed by atoms with Gasteiger partial charge >= 0.3 is 0 Å². The van der Waals surface area contributed by atoms with Crippen LogP contribution in [-0.4, -0.2) is 37.7 Å². The maximum Gasteiger partial charge on any atom is 0.224 e. The molecule has 6 heteroatoms. The van der Waals surface area contributed by atoms with Crippen LogP contribution >= 0.6 is 12.4 Å². The summed E-state index contributed by atoms with van der Waals surface area (Å²) >= 11 is 0. The Morgan fingerprint density at radius 3 is 2.83 bits per heavy atom. The van der Waals surface area contributed by atoms with Crippen molar-refractivity contribution in [1.82, 2.24) is 10.6 Å². The molecule has 3 aliphatic rings. The topological polar surface area (TPSA) is 59.6 Å². The molecule has 24 heavy (non-hydrogen) atoms. The van der Waals surface area contributed by atoms with Crippen molar-refractivity contribution in [1.29, 1.82) is 0 Å². The molecule has 4 unspecified atom stereocenters. The van der Waals surface area contributed by atoms with Gasteiger partial charge in [-0.2, -0.15) is 0 Å². The van der Waals surface area contributed by atoms with Gasteiger partial charge in [0.2, 0.25) is 5.91 Å². The second-order valence-corrected chi connectivity index (χ2v) is 6.85. The summed E-state index contributed by atoms with van der Waals surface area (Å²) in [5.41, 5.74) is 1.18. The molecule has 0 bridgehead atoms. The summed E-state index contributed by atoms with van der Waals surface area (Å²) in [5.74, 6) is 2.24. The largest absolute Gasteiger partial charge is 0.486 e. The maximum absolute atomic E-state index is 12.5. The number of hydrogen-bond acceptors (Lipinski definition) is 4. The van der Waals surface area contributed by atoms with Crippen LogP contribution < -0.4 is 20.1 Å². The summed E-state index contributed by atoms with van der Waals surface area (Å²) in [6.45, 7) is 4.40. The Balaban J connectivity index is 0.00000169. The second-order valence-electron chi connectivity index (χ2n) is 6.85. The number of halogens is 1. The monoisotopic (exact) mass is 352 g/mol. The highest BCUT2D eigenvalue weighted by molar-refractivity contribution is 5.85. The first-order valence-electron chi connectivity index (χ1n) is 8.65. The molecule has 2 heterocycles. The summed E-state index contributed by atoms with van der Waals surface area (Å²) in [4.78, 5) is 12.5. The highest BCUT2D eigenvalue weighted by Crippen LogP contribution is 2.49. The standard InChI is InChI=1S/C18H24N2O3.ClH/c1-11-15(3-2-6-19-11)20-18(21)14-10-13(14)12-4-5-16-17(9-12)23-8-7-22-16;/h4-5,9,11,13-15,19H,2-3,6-8,10H2,1H3,(H,20,21);1H. The van der Waals surface area contributed by atoms with Crippen LogP contribution in [0.4, 0.5) is 0 Å². The minimum Gasteiger partial charge on any atom is -0.486 e. The van der Waals surface area contributed by atoms with Crippen molar-refractivity contribution in [3.63, 3.8) is 0 Å². The van der Waals surface area contributed by atoms with Gasteiger partial charge in [-0.05, 0) is 56.3 Å². The molecule has 1 aromatic carbocycles. The van der Waals surface area contributed by atoms with Crippen molar-refractivity contribution >= 4 is 18.3 Å². The van der Waals surface area contributed by atoms with Gasteiger partial charge in [-0.3, -0.25) is 4.79 Å². The number of benzene rings is 1. The molecule has 1 aliphatic carbocycles. The van der Waals surface area contributed by atoms with Crippen LogP contribution in [0.3, 0.4) is 0 Å². The first-order valence-corrected chi connectivity index (χ1v) is 8.65. The van der Waals surface area contributed by atoms with E-state index in [2.05, 4.69) is 23.6 Å². The van der Waals surface area contributed by atoms with E-state index in [0.29, 0.717) is 25.2 Å². The van der Waals surface area contributed by atoms with Gasteiger partial charge in [0.15, 0.2) is 11.5 Å². The Hall–Kier alpha value is -1.46. The van der Waals surface area contributed by atoms with Crippen molar-refractivity contribution in [3.8, 4) is 11.5 Å². The number of carbonyl (C=O) groups is 1. The number of piperidine rings is 1. The summed E-state index contributed by atoms with van der Waals surface area (Å²) in [6, 6.07) is 6.69. The lowest BCUT2D eigenvalue weighted by molar-refractivity contribution is -0.123. The fraction of sp³-hybridized carbons (Fsp3) is 0.611. The number of nitrogens with one attached hydrogen (secondary N) is 2. The van der Waals surface area contributed by atoms with Gasteiger partial charge in [-0.25, -0.2) is 0 Å². The highest BCUT2D eigenvalue weighted by atomic mass is 35.5. The van der Waals surface area contributed by atoms with Crippen molar-refractivity contribution in [2.24, 2.45) is 5.92 Å². The predicted molar refractivity (Wildman–Crippen MR) is 94.2 cm³/mol. The second kappa shape index (κ2) is 7.19. The zero-order valence-corrected chi connectivity index (χ0v) is 14.7. The van der Waals surface area contributed by atoms with Crippen molar-refractivity contribution in [2.75, 3.05) is 19.8 Å². The van der Waals surface area contributed by atoms with Crippen LogP contribution in [0.1, 0.15) is 37.7 Å². The van der Waals surface area contributed by atoms with Crippen LogP contribution in [-0.2, 0) is 4.79 Å². The molecule has 132 valence electrons. The molecule has 4 atom stereocenters. The third-order valence-electron chi connectivity index (χ3n) is 5.21. The van der Waals surface area contributed by atoms with Gasteiger partial charge < -0.3 is 20.1 Å². The lowest BCUT2D eigenvalue weighted by Crippen LogP contribution is -2.52. The van der Waals surface area contributed by atoms with E-state index in [-0.39, 0.29) is 30.3 Å². The van der Waals surface area contributed by atoms with Gasteiger partial charge in [0.25, 0.3) is 0 Å². The van der Waals surface area contributed by atoms with Crippen LogP contribution in [0.2, 0.25) is 0 Å². The molecule has 2 N–H and O–H groups in total. The average molecular weight is 353 g/mol. The third-order valence-corrected chi connectivity index (χ3v) is 5.21.